The van der Waals surface area contributed by atoms with E-state index in [1.807, 2.05) is 23.7 Å². The minimum atomic E-state index is 1.22. The Labute approximate surface area is 53.0 Å². The van der Waals surface area contributed by atoms with Crippen molar-refractivity contribution >= 4 is 23.7 Å². The zero-order valence-electron chi connectivity index (χ0n) is 4.39. The van der Waals surface area contributed by atoms with Gasteiger partial charge in [0.15, 0.2) is 0 Å². The Morgan fingerprint density at radius 2 is 2.57 bits per heavy atom. The lowest BCUT2D eigenvalue weighted by atomic mass is 10.8. The maximum Gasteiger partial charge on any atom is 0.0547 e. The molecule has 0 bridgehead atoms. The van der Waals surface area contributed by atoms with Crippen molar-refractivity contribution in [3.63, 3.8) is 0 Å². The fraction of sp³-hybridized carbons (Fsp3) is 1.00. The molecule has 42 valence electrons. The Morgan fingerprint density at radius 1 is 1.71 bits per heavy atom. The maximum absolute atomic E-state index is 2.37. The average molecular weight is 135 g/mol. The second-order valence-corrected chi connectivity index (χ2v) is 3.38. The largest absolute Gasteiger partial charge is 0.240 e. The summed E-state index contributed by atoms with van der Waals surface area (Å²) in [4.78, 5) is 0. The highest BCUT2D eigenvalue weighted by atomic mass is 32.2. The molecule has 0 aromatic carbocycles. The average Bonchev–Trinajstić information content (AvgIpc) is 2.14. The summed E-state index contributed by atoms with van der Waals surface area (Å²) in [5, 5.41) is 0. The number of rotatable bonds is 1. The third-order valence-corrected chi connectivity index (χ3v) is 2.94. The first-order valence-corrected chi connectivity index (χ1v) is 4.64. The van der Waals surface area contributed by atoms with E-state index in [0.717, 1.165) is 0 Å². The SMILES string of the molecule is CSN1CCSC1. The van der Waals surface area contributed by atoms with E-state index in [1.54, 1.807) is 0 Å². The molecular weight excluding hydrogens is 126 g/mol. The van der Waals surface area contributed by atoms with Crippen LogP contribution in [0.15, 0.2) is 0 Å². The van der Waals surface area contributed by atoms with Crippen LogP contribution in [0.1, 0.15) is 0 Å². The number of thioether (sulfide) groups is 1. The van der Waals surface area contributed by atoms with Gasteiger partial charge in [-0.25, -0.2) is 4.31 Å². The van der Waals surface area contributed by atoms with Crippen molar-refractivity contribution in [3.8, 4) is 0 Å². The first-order valence-electron chi connectivity index (χ1n) is 2.30. The molecule has 0 radical (unpaired) electrons. The van der Waals surface area contributed by atoms with Gasteiger partial charge in [-0.1, -0.05) is 11.9 Å². The molecular formula is C4H9NS2. The Bertz CT molecular complexity index is 51.7. The molecule has 0 aromatic heterocycles. The molecule has 0 amide bonds. The van der Waals surface area contributed by atoms with E-state index in [1.165, 1.54) is 18.2 Å². The topological polar surface area (TPSA) is 3.24 Å². The summed E-state index contributed by atoms with van der Waals surface area (Å²) in [7, 11) is 0. The van der Waals surface area contributed by atoms with Gasteiger partial charge in [0.1, 0.15) is 0 Å². The molecule has 0 N–H and O–H groups in total. The Balaban J connectivity index is 2.14. The van der Waals surface area contributed by atoms with Gasteiger partial charge in [0.2, 0.25) is 0 Å². The number of hydrogen-bond donors (Lipinski definition) is 0. The van der Waals surface area contributed by atoms with Gasteiger partial charge in [-0.3, -0.25) is 0 Å². The smallest absolute Gasteiger partial charge is 0.0547 e. The van der Waals surface area contributed by atoms with E-state index in [0.29, 0.717) is 0 Å². The van der Waals surface area contributed by atoms with E-state index in [-0.39, 0.29) is 0 Å². The van der Waals surface area contributed by atoms with Crippen LogP contribution < -0.4 is 0 Å². The predicted molar refractivity (Wildman–Crippen MR) is 37.5 cm³/mol. The third kappa shape index (κ3) is 1.55. The molecule has 1 saturated heterocycles. The fourth-order valence-corrected chi connectivity index (χ4v) is 2.39. The minimum Gasteiger partial charge on any atom is -0.240 e. The zero-order chi connectivity index (χ0) is 5.11. The minimum absolute atomic E-state index is 1.22. The molecule has 0 spiro atoms. The molecule has 7 heavy (non-hydrogen) atoms. The lowest BCUT2D eigenvalue weighted by Gasteiger charge is -2.05. The lowest BCUT2D eigenvalue weighted by molar-refractivity contribution is 0.614. The summed E-state index contributed by atoms with van der Waals surface area (Å²) in [5.74, 6) is 2.54. The molecule has 0 saturated carbocycles. The van der Waals surface area contributed by atoms with Crippen LogP contribution in [0.2, 0.25) is 0 Å². The van der Waals surface area contributed by atoms with Crippen molar-refractivity contribution in [3.05, 3.63) is 0 Å². The predicted octanol–water partition coefficient (Wildman–Crippen LogP) is 1.27. The van der Waals surface area contributed by atoms with Gasteiger partial charge >= 0.3 is 0 Å². The van der Waals surface area contributed by atoms with Crippen molar-refractivity contribution in [2.75, 3.05) is 24.4 Å². The van der Waals surface area contributed by atoms with Crippen LogP contribution in [0, 0.1) is 0 Å². The van der Waals surface area contributed by atoms with Gasteiger partial charge in [-0.2, -0.15) is 0 Å². The Hall–Kier alpha value is 0.660. The molecule has 0 atom stereocenters. The zero-order valence-corrected chi connectivity index (χ0v) is 6.02. The van der Waals surface area contributed by atoms with Gasteiger partial charge in [-0.05, 0) is 6.26 Å². The van der Waals surface area contributed by atoms with Crippen LogP contribution in [0.3, 0.4) is 0 Å². The van der Waals surface area contributed by atoms with Crippen molar-refractivity contribution in [2.45, 2.75) is 0 Å². The highest BCUT2D eigenvalue weighted by Crippen LogP contribution is 2.18. The van der Waals surface area contributed by atoms with Crippen molar-refractivity contribution < 1.29 is 0 Å². The van der Waals surface area contributed by atoms with Crippen LogP contribution in [0.25, 0.3) is 0 Å². The first kappa shape index (κ1) is 5.79. The van der Waals surface area contributed by atoms with Crippen LogP contribution >= 0.6 is 23.7 Å². The molecule has 1 rings (SSSR count). The number of hydrogen-bond acceptors (Lipinski definition) is 3. The van der Waals surface area contributed by atoms with E-state index in [2.05, 4.69) is 10.6 Å². The van der Waals surface area contributed by atoms with Gasteiger partial charge < -0.3 is 0 Å². The Morgan fingerprint density at radius 3 is 2.86 bits per heavy atom. The molecule has 1 heterocycles. The summed E-state index contributed by atoms with van der Waals surface area (Å²) in [6, 6.07) is 0. The molecule has 1 aliphatic rings. The van der Waals surface area contributed by atoms with E-state index < -0.39 is 0 Å². The van der Waals surface area contributed by atoms with Crippen LogP contribution in [0.4, 0.5) is 0 Å². The molecule has 0 aromatic rings. The summed E-state index contributed by atoms with van der Waals surface area (Å²) >= 11 is 3.86. The molecule has 1 fully saturated rings. The third-order valence-electron chi connectivity index (χ3n) is 0.979. The van der Waals surface area contributed by atoms with Crippen molar-refractivity contribution in [2.24, 2.45) is 0 Å². The second kappa shape index (κ2) is 2.84. The van der Waals surface area contributed by atoms with Crippen LogP contribution in [-0.4, -0.2) is 28.7 Å². The van der Waals surface area contributed by atoms with Crippen molar-refractivity contribution in [1.82, 2.24) is 4.31 Å². The Kier molecular flexibility index (Phi) is 2.35. The second-order valence-electron chi connectivity index (χ2n) is 1.43. The van der Waals surface area contributed by atoms with E-state index in [4.69, 9.17) is 0 Å². The monoisotopic (exact) mass is 135 g/mol. The summed E-state index contributed by atoms with van der Waals surface area (Å²) < 4.78 is 2.37. The fourth-order valence-electron chi connectivity index (χ4n) is 0.541. The maximum atomic E-state index is 2.37. The lowest BCUT2D eigenvalue weighted by Crippen LogP contribution is -2.07. The summed E-state index contributed by atoms with van der Waals surface area (Å²) in [5.41, 5.74) is 0. The highest BCUT2D eigenvalue weighted by Gasteiger charge is 2.08. The van der Waals surface area contributed by atoms with Crippen molar-refractivity contribution in [1.29, 1.82) is 0 Å². The highest BCUT2D eigenvalue weighted by molar-refractivity contribution is 8.02. The quantitative estimate of drug-likeness (QED) is 0.498. The van der Waals surface area contributed by atoms with Gasteiger partial charge in [-0.15, -0.1) is 11.8 Å². The van der Waals surface area contributed by atoms with Gasteiger partial charge in [0, 0.05) is 12.3 Å². The molecule has 1 aliphatic heterocycles. The van der Waals surface area contributed by atoms with E-state index in [9.17, 15) is 0 Å². The van der Waals surface area contributed by atoms with Crippen LogP contribution in [-0.2, 0) is 0 Å². The normalized spacial score (nSPS) is 23.6. The molecule has 0 aliphatic carbocycles. The van der Waals surface area contributed by atoms with Gasteiger partial charge in [0.25, 0.3) is 0 Å². The molecule has 0 unspecified atom stereocenters. The first-order chi connectivity index (χ1) is 3.43. The molecule has 3 heteroatoms. The van der Waals surface area contributed by atoms with Gasteiger partial charge in [0.05, 0.1) is 5.88 Å². The standard InChI is InChI=1S/C4H9NS2/c1-6-5-2-3-7-4-5/h2-4H2,1H3. The number of nitrogens with zero attached hydrogens (tertiary/aromatic N) is 1. The van der Waals surface area contributed by atoms with Crippen LogP contribution in [0.5, 0.6) is 0 Å². The summed E-state index contributed by atoms with van der Waals surface area (Å²) in [6.45, 7) is 1.27. The van der Waals surface area contributed by atoms with E-state index >= 15 is 0 Å². The summed E-state index contributed by atoms with van der Waals surface area (Å²) in [6.07, 6.45) is 2.13. The molecule has 1 nitrogen and oxygen atoms in total.